The molecule has 0 aromatic heterocycles. The molecule has 1 fully saturated rings. The van der Waals surface area contributed by atoms with Crippen molar-refractivity contribution in [2.45, 2.75) is 45.2 Å². The molecule has 4 heteroatoms. The molecule has 0 saturated carbocycles. The second-order valence-electron chi connectivity index (χ2n) is 6.33. The van der Waals surface area contributed by atoms with Gasteiger partial charge in [-0.25, -0.2) is 0 Å². The average Bonchev–Trinajstić information content (AvgIpc) is 2.79. The van der Waals surface area contributed by atoms with Crippen LogP contribution in [0.5, 0.6) is 0 Å². The maximum absolute atomic E-state index is 6.13. The van der Waals surface area contributed by atoms with E-state index < -0.39 is 6.75 Å². The first kappa shape index (κ1) is 12.8. The molecule has 1 aromatic carbocycles. The summed E-state index contributed by atoms with van der Waals surface area (Å²) in [6.07, 6.45) is 2.74. The van der Waals surface area contributed by atoms with Gasteiger partial charge >= 0.3 is 6.75 Å². The number of hydrogen-bond donors (Lipinski definition) is 0. The van der Waals surface area contributed by atoms with Crippen molar-refractivity contribution in [1.82, 2.24) is 0 Å². The van der Waals surface area contributed by atoms with Crippen LogP contribution in [0.3, 0.4) is 0 Å². The molecular formula is C15H20BO3-. The first-order valence-corrected chi connectivity index (χ1v) is 6.84. The summed E-state index contributed by atoms with van der Waals surface area (Å²) in [4.78, 5) is 0. The Morgan fingerprint density at radius 1 is 0.947 bits per heavy atom. The highest BCUT2D eigenvalue weighted by Gasteiger charge is 2.55. The zero-order valence-electron chi connectivity index (χ0n) is 12.0. The van der Waals surface area contributed by atoms with Crippen molar-refractivity contribution in [2.24, 2.45) is 0 Å². The van der Waals surface area contributed by atoms with Gasteiger partial charge in [-0.05, 0) is 27.7 Å². The lowest BCUT2D eigenvalue weighted by molar-refractivity contribution is 0.00578. The summed E-state index contributed by atoms with van der Waals surface area (Å²) >= 11 is 0. The molecule has 2 aliphatic heterocycles. The third kappa shape index (κ3) is 1.99. The van der Waals surface area contributed by atoms with E-state index in [1.54, 1.807) is 0 Å². The van der Waals surface area contributed by atoms with Gasteiger partial charge in [-0.1, -0.05) is 42.7 Å². The average molecular weight is 259 g/mol. The Labute approximate surface area is 114 Å². The fourth-order valence-electron chi connectivity index (χ4n) is 2.68. The largest absolute Gasteiger partial charge is 0.670 e. The molecular weight excluding hydrogens is 239 g/mol. The van der Waals surface area contributed by atoms with E-state index in [2.05, 4.69) is 6.08 Å². The zero-order valence-corrected chi connectivity index (χ0v) is 12.0. The summed E-state index contributed by atoms with van der Waals surface area (Å²) in [5.41, 5.74) is 0.357. The molecule has 1 spiro atoms. The lowest BCUT2D eigenvalue weighted by atomic mass is 9.76. The Morgan fingerprint density at radius 3 is 2.11 bits per heavy atom. The van der Waals surface area contributed by atoms with Crippen molar-refractivity contribution < 1.29 is 14.0 Å². The minimum Gasteiger partial charge on any atom is -0.670 e. The zero-order chi connectivity index (χ0) is 13.7. The van der Waals surface area contributed by atoms with Gasteiger partial charge in [0, 0.05) is 16.8 Å². The molecule has 0 radical (unpaired) electrons. The summed E-state index contributed by atoms with van der Waals surface area (Å²) in [7, 11) is 0. The maximum Gasteiger partial charge on any atom is 0.439 e. The second-order valence-corrected chi connectivity index (χ2v) is 6.33. The van der Waals surface area contributed by atoms with Gasteiger partial charge < -0.3 is 14.0 Å². The first-order chi connectivity index (χ1) is 8.84. The van der Waals surface area contributed by atoms with Gasteiger partial charge in [0.1, 0.15) is 0 Å². The number of benzene rings is 1. The summed E-state index contributed by atoms with van der Waals surface area (Å²) in [5.74, 6) is 0.856. The van der Waals surface area contributed by atoms with Crippen LogP contribution >= 0.6 is 0 Å². The summed E-state index contributed by atoms with van der Waals surface area (Å²) < 4.78 is 18.3. The SMILES string of the molecule is CC1(C)O[B-]2(CC=C(c3ccccc3)O2)OC1(C)C. The van der Waals surface area contributed by atoms with Crippen molar-refractivity contribution >= 4 is 12.5 Å². The topological polar surface area (TPSA) is 27.7 Å². The number of rotatable bonds is 1. The first-order valence-electron chi connectivity index (χ1n) is 6.84. The van der Waals surface area contributed by atoms with Crippen LogP contribution in [-0.4, -0.2) is 18.0 Å². The third-order valence-corrected chi connectivity index (χ3v) is 4.36. The molecule has 1 saturated heterocycles. The fourth-order valence-corrected chi connectivity index (χ4v) is 2.68. The molecule has 1 aromatic rings. The molecule has 3 rings (SSSR count). The van der Waals surface area contributed by atoms with Crippen molar-refractivity contribution in [3.8, 4) is 0 Å². The monoisotopic (exact) mass is 259 g/mol. The van der Waals surface area contributed by atoms with Crippen LogP contribution in [0.2, 0.25) is 6.32 Å². The number of allylic oxidation sites excluding steroid dienone is 1. The van der Waals surface area contributed by atoms with Gasteiger partial charge in [-0.2, -0.15) is 0 Å². The van der Waals surface area contributed by atoms with E-state index in [9.17, 15) is 0 Å². The molecule has 3 nitrogen and oxygen atoms in total. The molecule has 2 heterocycles. The number of hydrogen-bond acceptors (Lipinski definition) is 3. The minimum absolute atomic E-state index is 0.354. The summed E-state index contributed by atoms with van der Waals surface area (Å²) in [5, 5.41) is 0. The smallest absolute Gasteiger partial charge is 0.439 e. The van der Waals surface area contributed by atoms with Crippen LogP contribution in [0.15, 0.2) is 36.4 Å². The molecule has 0 amide bonds. The predicted octanol–water partition coefficient (Wildman–Crippen LogP) is 3.60. The molecule has 0 atom stereocenters. The molecule has 19 heavy (non-hydrogen) atoms. The Balaban J connectivity index is 1.83. The highest BCUT2D eigenvalue weighted by molar-refractivity contribution is 6.64. The van der Waals surface area contributed by atoms with Crippen LogP contribution < -0.4 is 0 Å². The molecule has 0 bridgehead atoms. The third-order valence-electron chi connectivity index (χ3n) is 4.36. The van der Waals surface area contributed by atoms with E-state index in [4.69, 9.17) is 14.0 Å². The van der Waals surface area contributed by atoms with Crippen LogP contribution in [0.1, 0.15) is 33.3 Å². The lowest BCUT2D eigenvalue weighted by Gasteiger charge is -2.36. The van der Waals surface area contributed by atoms with Gasteiger partial charge in [0.05, 0.1) is 5.76 Å². The predicted molar refractivity (Wildman–Crippen MR) is 76.4 cm³/mol. The Kier molecular flexibility index (Phi) is 2.60. The standard InChI is InChI=1S/C15H20BO3/c1-14(2)15(3,4)19-16(18-14)11-10-13(17-16)12-8-6-5-7-9-12/h5-10H,11H2,1-4H3/q-1. The maximum atomic E-state index is 6.13. The van der Waals surface area contributed by atoms with Gasteiger partial charge in [-0.15, -0.1) is 0 Å². The van der Waals surface area contributed by atoms with E-state index in [1.807, 2.05) is 58.0 Å². The minimum atomic E-state index is -1.69. The summed E-state index contributed by atoms with van der Waals surface area (Å²) in [6, 6.07) is 10.1. The van der Waals surface area contributed by atoms with E-state index >= 15 is 0 Å². The van der Waals surface area contributed by atoms with Crippen molar-refractivity contribution in [1.29, 1.82) is 0 Å². The fraction of sp³-hybridized carbons (Fsp3) is 0.467. The lowest BCUT2D eigenvalue weighted by Crippen LogP contribution is -2.41. The van der Waals surface area contributed by atoms with Crippen LogP contribution in [0.25, 0.3) is 5.76 Å². The highest BCUT2D eigenvalue weighted by atomic mass is 16.8. The molecule has 2 aliphatic rings. The van der Waals surface area contributed by atoms with E-state index in [1.165, 1.54) is 0 Å². The van der Waals surface area contributed by atoms with E-state index in [0.29, 0.717) is 6.32 Å². The second kappa shape index (κ2) is 3.87. The van der Waals surface area contributed by atoms with Crippen molar-refractivity contribution in [3.05, 3.63) is 42.0 Å². The van der Waals surface area contributed by atoms with Crippen LogP contribution in [0, 0.1) is 0 Å². The Bertz CT molecular complexity index is 503. The van der Waals surface area contributed by atoms with Crippen LogP contribution in [0.4, 0.5) is 0 Å². The van der Waals surface area contributed by atoms with E-state index in [-0.39, 0.29) is 11.2 Å². The normalized spacial score (nSPS) is 26.2. The van der Waals surface area contributed by atoms with Crippen molar-refractivity contribution in [3.63, 3.8) is 0 Å². The van der Waals surface area contributed by atoms with Gasteiger partial charge in [-0.3, -0.25) is 0 Å². The molecule has 0 N–H and O–H groups in total. The highest BCUT2D eigenvalue weighted by Crippen LogP contribution is 2.47. The summed E-state index contributed by atoms with van der Waals surface area (Å²) in [6.45, 7) is 6.51. The van der Waals surface area contributed by atoms with Gasteiger partial charge in [0.15, 0.2) is 0 Å². The molecule has 102 valence electrons. The molecule has 0 unspecified atom stereocenters. The van der Waals surface area contributed by atoms with Crippen LogP contribution in [-0.2, 0) is 14.0 Å². The van der Waals surface area contributed by atoms with Gasteiger partial charge in [0.25, 0.3) is 0 Å². The van der Waals surface area contributed by atoms with E-state index in [0.717, 1.165) is 11.3 Å². The van der Waals surface area contributed by atoms with Gasteiger partial charge in [0.2, 0.25) is 0 Å². The Morgan fingerprint density at radius 2 is 1.53 bits per heavy atom. The van der Waals surface area contributed by atoms with Crippen molar-refractivity contribution in [2.75, 3.05) is 0 Å². The molecule has 0 aliphatic carbocycles. The quantitative estimate of drug-likeness (QED) is 0.721. The Hall–Kier alpha value is -1.26.